The first-order valence-corrected chi connectivity index (χ1v) is 10.0. The van der Waals surface area contributed by atoms with Crippen molar-refractivity contribution in [2.75, 3.05) is 6.61 Å². The van der Waals surface area contributed by atoms with Crippen LogP contribution in [0.25, 0.3) is 0 Å². The van der Waals surface area contributed by atoms with Crippen molar-refractivity contribution in [1.82, 2.24) is 0 Å². The van der Waals surface area contributed by atoms with E-state index >= 15 is 0 Å². The van der Waals surface area contributed by atoms with Crippen LogP contribution < -0.4 is 0 Å². The Morgan fingerprint density at radius 3 is 2.36 bits per heavy atom. The predicted molar refractivity (Wildman–Crippen MR) is 107 cm³/mol. The summed E-state index contributed by atoms with van der Waals surface area (Å²) in [6, 6.07) is 18.4. The largest absolute Gasteiger partial charge is 0.462 e. The maximum Gasteiger partial charge on any atom is 0.338 e. The standard InChI is InChI=1S/C22H27BrO2/c1-3-17(13-10-16-21(23)18-11-6-5-7-12-18)19-14-8-9-15-20(19)22(24)25-4-2/h5-9,11-12,14-15,17,21H,3-4,10,13,16H2,1-2H3. The van der Waals surface area contributed by atoms with Crippen LogP contribution in [0.1, 0.15) is 71.8 Å². The fourth-order valence-electron chi connectivity index (χ4n) is 3.20. The highest BCUT2D eigenvalue weighted by Gasteiger charge is 2.19. The van der Waals surface area contributed by atoms with E-state index in [4.69, 9.17) is 4.74 Å². The summed E-state index contributed by atoms with van der Waals surface area (Å²) in [6.45, 7) is 4.44. The van der Waals surface area contributed by atoms with Gasteiger partial charge in [0.15, 0.2) is 0 Å². The maximum absolute atomic E-state index is 12.2. The van der Waals surface area contributed by atoms with Crippen LogP contribution in [0.5, 0.6) is 0 Å². The first-order valence-electron chi connectivity index (χ1n) is 9.12. The molecule has 0 saturated carbocycles. The minimum absolute atomic E-state index is 0.209. The summed E-state index contributed by atoms with van der Waals surface area (Å²) >= 11 is 3.80. The molecule has 0 heterocycles. The molecule has 0 aliphatic carbocycles. The topological polar surface area (TPSA) is 26.3 Å². The number of carbonyl (C=O) groups excluding carboxylic acids is 1. The van der Waals surface area contributed by atoms with Crippen LogP contribution in [0, 0.1) is 0 Å². The zero-order chi connectivity index (χ0) is 18.1. The second-order valence-electron chi connectivity index (χ2n) is 6.22. The van der Waals surface area contributed by atoms with Gasteiger partial charge in [0.1, 0.15) is 0 Å². The van der Waals surface area contributed by atoms with Crippen LogP contribution in [0.15, 0.2) is 54.6 Å². The van der Waals surface area contributed by atoms with E-state index in [9.17, 15) is 4.79 Å². The summed E-state index contributed by atoms with van der Waals surface area (Å²) in [5.41, 5.74) is 3.16. The van der Waals surface area contributed by atoms with Crippen molar-refractivity contribution in [3.8, 4) is 0 Å². The quantitative estimate of drug-likeness (QED) is 0.346. The third-order valence-corrected chi connectivity index (χ3v) is 5.55. The van der Waals surface area contributed by atoms with Gasteiger partial charge in [-0.15, -0.1) is 0 Å². The van der Waals surface area contributed by atoms with E-state index in [1.807, 2.05) is 31.2 Å². The molecule has 0 aliphatic heterocycles. The highest BCUT2D eigenvalue weighted by molar-refractivity contribution is 9.09. The van der Waals surface area contributed by atoms with E-state index in [1.165, 1.54) is 5.56 Å². The Morgan fingerprint density at radius 1 is 1.00 bits per heavy atom. The summed E-state index contributed by atoms with van der Waals surface area (Å²) < 4.78 is 5.22. The van der Waals surface area contributed by atoms with E-state index in [2.05, 4.69) is 53.2 Å². The monoisotopic (exact) mass is 402 g/mol. The average molecular weight is 403 g/mol. The molecule has 3 heteroatoms. The van der Waals surface area contributed by atoms with Gasteiger partial charge in [0, 0.05) is 4.83 Å². The second kappa shape index (κ2) is 10.4. The third kappa shape index (κ3) is 5.71. The molecule has 0 N–H and O–H groups in total. The Kier molecular flexibility index (Phi) is 8.20. The van der Waals surface area contributed by atoms with Crippen molar-refractivity contribution >= 4 is 21.9 Å². The molecular weight excluding hydrogens is 376 g/mol. The molecule has 0 bridgehead atoms. The lowest BCUT2D eigenvalue weighted by Crippen LogP contribution is -2.11. The smallest absolute Gasteiger partial charge is 0.338 e. The first kappa shape index (κ1) is 19.7. The number of carbonyl (C=O) groups is 1. The number of benzene rings is 2. The summed E-state index contributed by atoms with van der Waals surface area (Å²) in [4.78, 5) is 12.6. The summed E-state index contributed by atoms with van der Waals surface area (Å²) in [6.07, 6.45) is 4.29. The molecule has 25 heavy (non-hydrogen) atoms. The number of esters is 1. The fraction of sp³-hybridized carbons (Fsp3) is 0.409. The van der Waals surface area contributed by atoms with Gasteiger partial charge in [0.05, 0.1) is 12.2 Å². The van der Waals surface area contributed by atoms with Crippen LogP contribution in [-0.4, -0.2) is 12.6 Å². The van der Waals surface area contributed by atoms with Crippen molar-refractivity contribution in [1.29, 1.82) is 0 Å². The second-order valence-corrected chi connectivity index (χ2v) is 7.33. The van der Waals surface area contributed by atoms with E-state index in [-0.39, 0.29) is 5.97 Å². The average Bonchev–Trinajstić information content (AvgIpc) is 2.66. The van der Waals surface area contributed by atoms with Crippen molar-refractivity contribution in [3.63, 3.8) is 0 Å². The van der Waals surface area contributed by atoms with Crippen LogP contribution in [-0.2, 0) is 4.74 Å². The van der Waals surface area contributed by atoms with Crippen LogP contribution in [0.4, 0.5) is 0 Å². The van der Waals surface area contributed by atoms with Crippen molar-refractivity contribution < 1.29 is 9.53 Å². The lowest BCUT2D eigenvalue weighted by molar-refractivity contribution is 0.0524. The number of halogens is 1. The third-order valence-electron chi connectivity index (χ3n) is 4.56. The Hall–Kier alpha value is -1.61. The van der Waals surface area contributed by atoms with Crippen molar-refractivity contribution in [2.45, 2.75) is 50.3 Å². The van der Waals surface area contributed by atoms with Crippen molar-refractivity contribution in [3.05, 3.63) is 71.3 Å². The lowest BCUT2D eigenvalue weighted by Gasteiger charge is -2.19. The first-order chi connectivity index (χ1) is 12.2. The van der Waals surface area contributed by atoms with Crippen LogP contribution in [0.3, 0.4) is 0 Å². The molecule has 0 aliphatic rings. The van der Waals surface area contributed by atoms with E-state index in [0.29, 0.717) is 17.4 Å². The Bertz CT molecular complexity index is 654. The Balaban J connectivity index is 2.00. The van der Waals surface area contributed by atoms with Crippen LogP contribution >= 0.6 is 15.9 Å². The highest BCUT2D eigenvalue weighted by atomic mass is 79.9. The number of rotatable bonds is 9. The number of alkyl halides is 1. The molecule has 134 valence electrons. The van der Waals surface area contributed by atoms with Gasteiger partial charge in [0.2, 0.25) is 0 Å². The van der Waals surface area contributed by atoms with Crippen molar-refractivity contribution in [2.24, 2.45) is 0 Å². The van der Waals surface area contributed by atoms with E-state index in [0.717, 1.165) is 36.8 Å². The molecule has 0 aromatic heterocycles. The molecule has 2 aromatic rings. The molecule has 0 saturated heterocycles. The predicted octanol–water partition coefficient (Wildman–Crippen LogP) is 6.66. The summed E-state index contributed by atoms with van der Waals surface area (Å²) in [7, 11) is 0. The van der Waals surface area contributed by atoms with E-state index in [1.54, 1.807) is 0 Å². The molecule has 0 spiro atoms. The van der Waals surface area contributed by atoms with Gasteiger partial charge < -0.3 is 4.74 Å². The lowest BCUT2D eigenvalue weighted by atomic mass is 9.87. The van der Waals surface area contributed by atoms with Gasteiger partial charge in [-0.05, 0) is 49.3 Å². The maximum atomic E-state index is 12.2. The zero-order valence-corrected chi connectivity index (χ0v) is 16.7. The molecule has 2 aromatic carbocycles. The zero-order valence-electron chi connectivity index (χ0n) is 15.1. The summed E-state index contributed by atoms with van der Waals surface area (Å²) in [5.74, 6) is 0.176. The summed E-state index contributed by atoms with van der Waals surface area (Å²) in [5, 5.41) is 0. The van der Waals surface area contributed by atoms with Gasteiger partial charge in [-0.25, -0.2) is 4.79 Å². The van der Waals surface area contributed by atoms with Gasteiger partial charge in [0.25, 0.3) is 0 Å². The Morgan fingerprint density at radius 2 is 1.68 bits per heavy atom. The molecule has 0 amide bonds. The number of hydrogen-bond donors (Lipinski definition) is 0. The highest BCUT2D eigenvalue weighted by Crippen LogP contribution is 2.33. The Labute approximate surface area is 159 Å². The molecule has 2 unspecified atom stereocenters. The van der Waals surface area contributed by atoms with Gasteiger partial charge in [-0.1, -0.05) is 77.8 Å². The minimum Gasteiger partial charge on any atom is -0.462 e. The molecule has 0 radical (unpaired) electrons. The SMILES string of the molecule is CCOC(=O)c1ccccc1C(CC)CCCC(Br)c1ccccc1. The molecule has 2 atom stereocenters. The normalized spacial score (nSPS) is 13.2. The molecule has 0 fully saturated rings. The van der Waals surface area contributed by atoms with E-state index < -0.39 is 0 Å². The molecule has 2 nitrogen and oxygen atoms in total. The van der Waals surface area contributed by atoms with Crippen LogP contribution in [0.2, 0.25) is 0 Å². The van der Waals surface area contributed by atoms with Gasteiger partial charge >= 0.3 is 5.97 Å². The molecule has 2 rings (SSSR count). The minimum atomic E-state index is -0.209. The van der Waals surface area contributed by atoms with Gasteiger partial charge in [-0.3, -0.25) is 0 Å². The fourth-order valence-corrected chi connectivity index (χ4v) is 3.83. The molecular formula is C22H27BrO2. The van der Waals surface area contributed by atoms with Gasteiger partial charge in [-0.2, -0.15) is 0 Å². The number of hydrogen-bond acceptors (Lipinski definition) is 2. The number of ether oxygens (including phenoxy) is 1.